The van der Waals surface area contributed by atoms with Gasteiger partial charge in [-0.2, -0.15) is 0 Å². The SMILES string of the molecule is Cl.Clc1ccc([C@@H]2CCCCN2)cc1. The van der Waals surface area contributed by atoms with Crippen molar-refractivity contribution in [1.29, 1.82) is 0 Å². The normalized spacial score (nSPS) is 21.4. The maximum Gasteiger partial charge on any atom is 0.0406 e. The van der Waals surface area contributed by atoms with Crippen LogP contribution >= 0.6 is 24.0 Å². The third-order valence-electron chi connectivity index (χ3n) is 2.58. The fourth-order valence-corrected chi connectivity index (χ4v) is 1.96. The van der Waals surface area contributed by atoms with Crippen LogP contribution in [0.25, 0.3) is 0 Å². The Balaban J connectivity index is 0.000000980. The van der Waals surface area contributed by atoms with E-state index in [-0.39, 0.29) is 12.4 Å². The maximum absolute atomic E-state index is 5.83. The van der Waals surface area contributed by atoms with Gasteiger partial charge in [-0.3, -0.25) is 0 Å². The minimum absolute atomic E-state index is 0. The maximum atomic E-state index is 5.83. The summed E-state index contributed by atoms with van der Waals surface area (Å²) in [6, 6.07) is 8.71. The highest BCUT2D eigenvalue weighted by molar-refractivity contribution is 6.30. The van der Waals surface area contributed by atoms with E-state index in [0.717, 1.165) is 11.6 Å². The molecule has 1 N–H and O–H groups in total. The molecule has 1 aliphatic rings. The van der Waals surface area contributed by atoms with Crippen molar-refractivity contribution >= 4 is 24.0 Å². The molecule has 0 bridgehead atoms. The Labute approximate surface area is 96.3 Å². The number of nitrogens with one attached hydrogen (secondary N) is 1. The lowest BCUT2D eigenvalue weighted by atomic mass is 9.98. The highest BCUT2D eigenvalue weighted by atomic mass is 35.5. The van der Waals surface area contributed by atoms with Gasteiger partial charge in [-0.25, -0.2) is 0 Å². The van der Waals surface area contributed by atoms with Crippen molar-refractivity contribution in [2.45, 2.75) is 25.3 Å². The first-order valence-corrected chi connectivity index (χ1v) is 5.23. The molecule has 0 spiro atoms. The molecule has 0 aliphatic carbocycles. The monoisotopic (exact) mass is 231 g/mol. The van der Waals surface area contributed by atoms with E-state index in [0.29, 0.717) is 6.04 Å². The first-order chi connectivity index (χ1) is 6.36. The van der Waals surface area contributed by atoms with E-state index < -0.39 is 0 Å². The predicted molar refractivity (Wildman–Crippen MR) is 63.3 cm³/mol. The molecule has 78 valence electrons. The van der Waals surface area contributed by atoms with Crippen molar-refractivity contribution in [3.63, 3.8) is 0 Å². The van der Waals surface area contributed by atoms with Gasteiger partial charge in [-0.15, -0.1) is 12.4 Å². The quantitative estimate of drug-likeness (QED) is 0.780. The Hall–Kier alpha value is -0.240. The van der Waals surface area contributed by atoms with Gasteiger partial charge >= 0.3 is 0 Å². The van der Waals surface area contributed by atoms with Crippen molar-refractivity contribution in [2.24, 2.45) is 0 Å². The van der Waals surface area contributed by atoms with Gasteiger partial charge in [-0.05, 0) is 37.1 Å². The Kier molecular flexibility index (Phi) is 4.73. The van der Waals surface area contributed by atoms with Gasteiger partial charge in [0, 0.05) is 11.1 Å². The lowest BCUT2D eigenvalue weighted by molar-refractivity contribution is 0.412. The van der Waals surface area contributed by atoms with Gasteiger partial charge in [0.2, 0.25) is 0 Å². The summed E-state index contributed by atoms with van der Waals surface area (Å²) in [6.07, 6.45) is 3.89. The molecule has 0 unspecified atom stereocenters. The van der Waals surface area contributed by atoms with Gasteiger partial charge in [0.15, 0.2) is 0 Å². The molecule has 14 heavy (non-hydrogen) atoms. The summed E-state index contributed by atoms with van der Waals surface area (Å²) >= 11 is 5.83. The van der Waals surface area contributed by atoms with Crippen LogP contribution in [0.5, 0.6) is 0 Å². The Morgan fingerprint density at radius 1 is 1.14 bits per heavy atom. The lowest BCUT2D eigenvalue weighted by Crippen LogP contribution is -2.26. The smallest absolute Gasteiger partial charge is 0.0406 e. The molecule has 0 aromatic heterocycles. The van der Waals surface area contributed by atoms with Crippen molar-refractivity contribution in [2.75, 3.05) is 6.54 Å². The second-order valence-electron chi connectivity index (χ2n) is 3.55. The highest BCUT2D eigenvalue weighted by Crippen LogP contribution is 2.23. The number of halogens is 2. The summed E-state index contributed by atoms with van der Waals surface area (Å²) in [7, 11) is 0. The molecular weight excluding hydrogens is 217 g/mol. The molecule has 1 fully saturated rings. The second-order valence-corrected chi connectivity index (χ2v) is 3.99. The summed E-state index contributed by atoms with van der Waals surface area (Å²) in [5.74, 6) is 0. The molecule has 0 amide bonds. The number of hydrogen-bond acceptors (Lipinski definition) is 1. The van der Waals surface area contributed by atoms with E-state index in [9.17, 15) is 0 Å². The van der Waals surface area contributed by atoms with Gasteiger partial charge in [-0.1, -0.05) is 30.2 Å². The van der Waals surface area contributed by atoms with Crippen LogP contribution in [0.3, 0.4) is 0 Å². The molecule has 3 heteroatoms. The fraction of sp³-hybridized carbons (Fsp3) is 0.455. The van der Waals surface area contributed by atoms with Gasteiger partial charge < -0.3 is 5.32 Å². The average Bonchev–Trinajstić information content (AvgIpc) is 2.20. The first-order valence-electron chi connectivity index (χ1n) is 4.85. The standard InChI is InChI=1S/C11H14ClN.ClH/c12-10-6-4-9(5-7-10)11-3-1-2-8-13-11;/h4-7,11,13H,1-3,8H2;1H/t11-;/m0./s1. The van der Waals surface area contributed by atoms with Gasteiger partial charge in [0.1, 0.15) is 0 Å². The van der Waals surface area contributed by atoms with Crippen molar-refractivity contribution < 1.29 is 0 Å². The number of rotatable bonds is 1. The molecule has 1 atom stereocenters. The minimum atomic E-state index is 0. The number of benzene rings is 1. The van der Waals surface area contributed by atoms with E-state index in [1.165, 1.54) is 24.8 Å². The summed E-state index contributed by atoms with van der Waals surface area (Å²) in [5, 5.41) is 4.33. The fourth-order valence-electron chi connectivity index (χ4n) is 1.83. The van der Waals surface area contributed by atoms with Crippen LogP contribution in [0.1, 0.15) is 30.9 Å². The molecule has 1 nitrogen and oxygen atoms in total. The van der Waals surface area contributed by atoms with Crippen LogP contribution in [-0.2, 0) is 0 Å². The Morgan fingerprint density at radius 3 is 2.43 bits per heavy atom. The third-order valence-corrected chi connectivity index (χ3v) is 2.83. The zero-order chi connectivity index (χ0) is 9.10. The molecule has 0 saturated carbocycles. The summed E-state index contributed by atoms with van der Waals surface area (Å²) in [4.78, 5) is 0. The van der Waals surface area contributed by atoms with Crippen LogP contribution in [0, 0.1) is 0 Å². The van der Waals surface area contributed by atoms with Crippen molar-refractivity contribution in [1.82, 2.24) is 5.32 Å². The van der Waals surface area contributed by atoms with Crippen LogP contribution in [0.4, 0.5) is 0 Å². The number of hydrogen-bond donors (Lipinski definition) is 1. The number of piperidine rings is 1. The van der Waals surface area contributed by atoms with Gasteiger partial charge in [0.25, 0.3) is 0 Å². The summed E-state index contributed by atoms with van der Waals surface area (Å²) in [5.41, 5.74) is 1.36. The van der Waals surface area contributed by atoms with Crippen LogP contribution in [0.15, 0.2) is 24.3 Å². The topological polar surface area (TPSA) is 12.0 Å². The lowest BCUT2D eigenvalue weighted by Gasteiger charge is -2.23. The molecule has 1 saturated heterocycles. The van der Waals surface area contributed by atoms with Crippen LogP contribution in [-0.4, -0.2) is 6.54 Å². The Bertz CT molecular complexity index is 265. The second kappa shape index (κ2) is 5.59. The summed E-state index contributed by atoms with van der Waals surface area (Å²) in [6.45, 7) is 1.15. The Morgan fingerprint density at radius 2 is 1.86 bits per heavy atom. The van der Waals surface area contributed by atoms with Gasteiger partial charge in [0.05, 0.1) is 0 Å². The zero-order valence-corrected chi connectivity index (χ0v) is 9.57. The molecular formula is C11H15Cl2N. The van der Waals surface area contributed by atoms with Crippen LogP contribution in [0.2, 0.25) is 5.02 Å². The molecule has 2 rings (SSSR count). The summed E-state index contributed by atoms with van der Waals surface area (Å²) < 4.78 is 0. The predicted octanol–water partition coefficient (Wildman–Crippen LogP) is 3.58. The van der Waals surface area contributed by atoms with E-state index in [1.807, 2.05) is 12.1 Å². The zero-order valence-electron chi connectivity index (χ0n) is 8.00. The highest BCUT2D eigenvalue weighted by Gasteiger charge is 2.13. The van der Waals surface area contributed by atoms with Crippen molar-refractivity contribution in [3.05, 3.63) is 34.9 Å². The van der Waals surface area contributed by atoms with Crippen molar-refractivity contribution in [3.8, 4) is 0 Å². The average molecular weight is 232 g/mol. The molecule has 1 aliphatic heterocycles. The van der Waals surface area contributed by atoms with E-state index in [4.69, 9.17) is 11.6 Å². The molecule has 0 radical (unpaired) electrons. The van der Waals surface area contributed by atoms with E-state index in [1.54, 1.807) is 0 Å². The third kappa shape index (κ3) is 2.88. The largest absolute Gasteiger partial charge is 0.310 e. The van der Waals surface area contributed by atoms with E-state index in [2.05, 4.69) is 17.4 Å². The first kappa shape index (κ1) is 11.8. The minimum Gasteiger partial charge on any atom is -0.310 e. The van der Waals surface area contributed by atoms with E-state index >= 15 is 0 Å². The molecule has 1 aromatic carbocycles. The molecule has 1 aromatic rings. The van der Waals surface area contributed by atoms with Crippen LogP contribution < -0.4 is 5.32 Å². The molecule has 1 heterocycles.